The SMILES string of the molecule is COc1c(O)ccc2c1-c1ccc3c(c1/C(=C/c1cc(C)ccc1C(=O)N1CCCC1)O2)C(C)=CC(C)(C)N3. The molecule has 200 valence electrons. The molecule has 0 spiro atoms. The molecule has 1 amide bonds. The predicted molar refractivity (Wildman–Crippen MR) is 156 cm³/mol. The van der Waals surface area contributed by atoms with Gasteiger partial charge in [0, 0.05) is 41.0 Å². The Bertz CT molecular complexity index is 1570. The lowest BCUT2D eigenvalue weighted by atomic mass is 9.82. The maximum atomic E-state index is 13.5. The third kappa shape index (κ3) is 4.24. The van der Waals surface area contributed by atoms with E-state index in [1.807, 2.05) is 36.1 Å². The summed E-state index contributed by atoms with van der Waals surface area (Å²) < 4.78 is 12.3. The van der Waals surface area contributed by atoms with Crippen molar-refractivity contribution in [3.63, 3.8) is 0 Å². The number of carbonyl (C=O) groups excluding carboxylic acids is 1. The number of allylic oxidation sites excluding steroid dienone is 1. The molecule has 6 nitrogen and oxygen atoms in total. The van der Waals surface area contributed by atoms with Crippen molar-refractivity contribution in [3.8, 4) is 28.4 Å². The molecule has 6 heteroatoms. The van der Waals surface area contributed by atoms with Gasteiger partial charge in [0.05, 0.1) is 18.2 Å². The highest BCUT2D eigenvalue weighted by atomic mass is 16.5. The molecule has 3 aromatic carbocycles. The number of phenols is 1. The molecule has 2 N–H and O–H groups in total. The van der Waals surface area contributed by atoms with Gasteiger partial charge in [0.2, 0.25) is 0 Å². The van der Waals surface area contributed by atoms with Crippen molar-refractivity contribution >= 4 is 29.0 Å². The number of phenolic OH excluding ortho intramolecular Hbond substituents is 1. The summed E-state index contributed by atoms with van der Waals surface area (Å²) in [6.07, 6.45) is 6.29. The molecule has 0 radical (unpaired) electrons. The summed E-state index contributed by atoms with van der Waals surface area (Å²) in [6, 6.07) is 13.5. The van der Waals surface area contributed by atoms with Gasteiger partial charge in [-0.15, -0.1) is 0 Å². The number of methoxy groups -OCH3 is 1. The van der Waals surface area contributed by atoms with Crippen LogP contribution >= 0.6 is 0 Å². The van der Waals surface area contributed by atoms with E-state index in [2.05, 4.69) is 44.3 Å². The van der Waals surface area contributed by atoms with Gasteiger partial charge in [-0.1, -0.05) is 29.8 Å². The van der Waals surface area contributed by atoms with E-state index in [-0.39, 0.29) is 17.2 Å². The summed E-state index contributed by atoms with van der Waals surface area (Å²) >= 11 is 0. The second kappa shape index (κ2) is 9.23. The Morgan fingerprint density at radius 2 is 1.82 bits per heavy atom. The highest BCUT2D eigenvalue weighted by molar-refractivity contribution is 6.04. The maximum absolute atomic E-state index is 13.5. The molecule has 39 heavy (non-hydrogen) atoms. The zero-order valence-electron chi connectivity index (χ0n) is 23.1. The molecule has 1 saturated heterocycles. The molecule has 0 atom stereocenters. The van der Waals surface area contributed by atoms with Crippen molar-refractivity contribution in [2.75, 3.05) is 25.5 Å². The highest BCUT2D eigenvalue weighted by Crippen LogP contribution is 2.54. The van der Waals surface area contributed by atoms with Crippen molar-refractivity contribution in [3.05, 3.63) is 76.4 Å². The van der Waals surface area contributed by atoms with Gasteiger partial charge in [-0.3, -0.25) is 4.79 Å². The van der Waals surface area contributed by atoms with Gasteiger partial charge < -0.3 is 24.8 Å². The van der Waals surface area contributed by atoms with E-state index >= 15 is 0 Å². The van der Waals surface area contributed by atoms with Gasteiger partial charge >= 0.3 is 0 Å². The summed E-state index contributed by atoms with van der Waals surface area (Å²) in [7, 11) is 1.55. The highest BCUT2D eigenvalue weighted by Gasteiger charge is 2.34. The minimum absolute atomic E-state index is 0.0527. The number of aryl methyl sites for hydroxylation is 1. The van der Waals surface area contributed by atoms with E-state index < -0.39 is 0 Å². The van der Waals surface area contributed by atoms with Crippen molar-refractivity contribution in [2.24, 2.45) is 0 Å². The monoisotopic (exact) mass is 522 g/mol. The van der Waals surface area contributed by atoms with E-state index in [9.17, 15) is 9.90 Å². The number of benzene rings is 3. The van der Waals surface area contributed by atoms with E-state index in [0.717, 1.165) is 65.0 Å². The van der Waals surface area contributed by atoms with Crippen LogP contribution in [0.3, 0.4) is 0 Å². The number of rotatable bonds is 3. The van der Waals surface area contributed by atoms with Crippen molar-refractivity contribution < 1.29 is 19.4 Å². The first-order chi connectivity index (χ1) is 18.7. The molecule has 3 aliphatic rings. The third-order valence-corrected chi connectivity index (χ3v) is 7.79. The van der Waals surface area contributed by atoms with Gasteiger partial charge in [0.1, 0.15) is 11.5 Å². The van der Waals surface area contributed by atoms with E-state index in [1.165, 1.54) is 0 Å². The molecular formula is C33H34N2O4. The molecule has 0 unspecified atom stereocenters. The molecule has 6 rings (SSSR count). The van der Waals surface area contributed by atoms with Crippen LogP contribution in [0.4, 0.5) is 5.69 Å². The quantitative estimate of drug-likeness (QED) is 0.384. The molecular weight excluding hydrogens is 488 g/mol. The van der Waals surface area contributed by atoms with E-state index in [1.54, 1.807) is 19.2 Å². The van der Waals surface area contributed by atoms with Gasteiger partial charge in [0.25, 0.3) is 5.91 Å². The third-order valence-electron chi connectivity index (χ3n) is 7.79. The van der Waals surface area contributed by atoms with Gasteiger partial charge in [-0.05, 0) is 82.0 Å². The Morgan fingerprint density at radius 1 is 1.05 bits per heavy atom. The lowest BCUT2D eigenvalue weighted by Gasteiger charge is -2.35. The summed E-state index contributed by atoms with van der Waals surface area (Å²) in [5.41, 5.74) is 8.05. The minimum atomic E-state index is -0.204. The number of anilines is 1. The van der Waals surface area contributed by atoms with Crippen molar-refractivity contribution in [2.45, 2.75) is 46.1 Å². The summed E-state index contributed by atoms with van der Waals surface area (Å²) in [5.74, 6) is 1.72. The fourth-order valence-corrected chi connectivity index (χ4v) is 6.18. The standard InChI is InChI=1S/C33H34N2O4/c1-19-8-9-22(32(37)35-14-6-7-15-35)21(16-19)17-27-29-23(30-26(39-27)13-12-25(36)31(30)38-5)10-11-24-28(29)20(2)18-33(3,4)34-24/h8-13,16-18,34,36H,6-7,14-15H2,1-5H3/b27-17-. The molecule has 3 aromatic rings. The zero-order valence-corrected chi connectivity index (χ0v) is 23.1. The van der Waals surface area contributed by atoms with Crippen molar-refractivity contribution in [1.29, 1.82) is 0 Å². The normalized spacial score (nSPS) is 17.9. The molecule has 0 aliphatic carbocycles. The van der Waals surface area contributed by atoms with Crippen LogP contribution in [-0.2, 0) is 0 Å². The van der Waals surface area contributed by atoms with Crippen LogP contribution in [0.2, 0.25) is 0 Å². The van der Waals surface area contributed by atoms with Gasteiger partial charge in [-0.2, -0.15) is 0 Å². The van der Waals surface area contributed by atoms with E-state index in [4.69, 9.17) is 9.47 Å². The Kier molecular flexibility index (Phi) is 5.94. The van der Waals surface area contributed by atoms with Gasteiger partial charge in [0.15, 0.2) is 11.5 Å². The lowest BCUT2D eigenvalue weighted by molar-refractivity contribution is 0.0792. The number of fused-ring (bicyclic) bond motifs is 5. The Balaban J connectivity index is 1.61. The van der Waals surface area contributed by atoms with Crippen molar-refractivity contribution in [1.82, 2.24) is 4.90 Å². The summed E-state index contributed by atoms with van der Waals surface area (Å²) in [6.45, 7) is 10.0. The fraction of sp³-hybridized carbons (Fsp3) is 0.303. The molecule has 0 bridgehead atoms. The maximum Gasteiger partial charge on any atom is 0.254 e. The number of amides is 1. The van der Waals surface area contributed by atoms with Crippen LogP contribution in [0.1, 0.15) is 66.2 Å². The predicted octanol–water partition coefficient (Wildman–Crippen LogP) is 7.11. The number of likely N-dealkylation sites (tertiary alicyclic amines) is 1. The number of nitrogens with one attached hydrogen (secondary N) is 1. The Morgan fingerprint density at radius 3 is 2.56 bits per heavy atom. The fourth-order valence-electron chi connectivity index (χ4n) is 6.18. The molecule has 3 heterocycles. The topological polar surface area (TPSA) is 71.0 Å². The van der Waals surface area contributed by atoms with Crippen LogP contribution < -0.4 is 14.8 Å². The first-order valence-corrected chi connectivity index (χ1v) is 13.5. The van der Waals surface area contributed by atoms with Crippen LogP contribution in [0, 0.1) is 6.92 Å². The van der Waals surface area contributed by atoms with Crippen LogP contribution in [-0.4, -0.2) is 41.7 Å². The first kappa shape index (κ1) is 25.1. The second-order valence-electron chi connectivity index (χ2n) is 11.3. The average molecular weight is 523 g/mol. The molecule has 3 aliphatic heterocycles. The first-order valence-electron chi connectivity index (χ1n) is 13.5. The molecule has 1 fully saturated rings. The Hall–Kier alpha value is -4.19. The minimum Gasteiger partial charge on any atom is -0.504 e. The van der Waals surface area contributed by atoms with Crippen LogP contribution in [0.5, 0.6) is 17.2 Å². The average Bonchev–Trinajstić information content (AvgIpc) is 3.43. The lowest BCUT2D eigenvalue weighted by Crippen LogP contribution is -2.32. The number of hydrogen-bond donors (Lipinski definition) is 2. The smallest absolute Gasteiger partial charge is 0.254 e. The molecule has 0 aromatic heterocycles. The van der Waals surface area contributed by atoms with Crippen LogP contribution in [0.25, 0.3) is 28.5 Å². The number of carbonyl (C=O) groups is 1. The summed E-state index contributed by atoms with van der Waals surface area (Å²) in [4.78, 5) is 15.5. The van der Waals surface area contributed by atoms with Gasteiger partial charge in [-0.25, -0.2) is 0 Å². The molecule has 0 saturated carbocycles. The van der Waals surface area contributed by atoms with E-state index in [0.29, 0.717) is 28.4 Å². The number of nitrogens with zero attached hydrogens (tertiary/aromatic N) is 1. The summed E-state index contributed by atoms with van der Waals surface area (Å²) in [5, 5.41) is 14.3. The Labute approximate surface area is 229 Å². The van der Waals surface area contributed by atoms with Crippen LogP contribution in [0.15, 0.2) is 48.5 Å². The largest absolute Gasteiger partial charge is 0.504 e. The second-order valence-corrected chi connectivity index (χ2v) is 11.3. The number of hydrogen-bond acceptors (Lipinski definition) is 5. The zero-order chi connectivity index (χ0) is 27.5. The number of aromatic hydroxyl groups is 1. The number of ether oxygens (including phenoxy) is 2.